The third kappa shape index (κ3) is 4.81. The van der Waals surface area contributed by atoms with Gasteiger partial charge in [-0.25, -0.2) is 13.8 Å². The molecular formula is C25H28ClF2N9O. The number of halogens is 3. The van der Waals surface area contributed by atoms with Crippen molar-refractivity contribution in [3.05, 3.63) is 34.6 Å². The fourth-order valence-electron chi connectivity index (χ4n) is 5.29. The van der Waals surface area contributed by atoms with Crippen LogP contribution in [0.5, 0.6) is 0 Å². The fourth-order valence-corrected chi connectivity index (χ4v) is 5.56. The third-order valence-corrected chi connectivity index (χ3v) is 7.78. The Morgan fingerprint density at radius 2 is 1.95 bits per heavy atom. The predicted molar refractivity (Wildman–Crippen MR) is 139 cm³/mol. The highest BCUT2D eigenvalue weighted by atomic mass is 35.5. The molecule has 1 aliphatic carbocycles. The van der Waals surface area contributed by atoms with Gasteiger partial charge in [-0.1, -0.05) is 11.6 Å². The summed E-state index contributed by atoms with van der Waals surface area (Å²) in [5.74, 6) is 0.567. The largest absolute Gasteiger partial charge is 0.388 e. The second-order valence-electron chi connectivity index (χ2n) is 10.6. The van der Waals surface area contributed by atoms with Crippen molar-refractivity contribution in [2.75, 3.05) is 41.7 Å². The lowest BCUT2D eigenvalue weighted by atomic mass is 9.91. The number of nitrogens with one attached hydrogen (secondary N) is 2. The monoisotopic (exact) mass is 543 g/mol. The van der Waals surface area contributed by atoms with Crippen molar-refractivity contribution >= 4 is 40.4 Å². The number of likely N-dealkylation sites (tertiary alicyclic amines) is 1. The molecule has 38 heavy (non-hydrogen) atoms. The van der Waals surface area contributed by atoms with Crippen LogP contribution in [0.25, 0.3) is 5.65 Å². The van der Waals surface area contributed by atoms with Crippen molar-refractivity contribution in [3.63, 3.8) is 0 Å². The number of hydrogen-bond donors (Lipinski definition) is 3. The fraction of sp³-hybridized carbons (Fsp3) is 0.520. The number of nitrogens with zero attached hydrogens (tertiary/aromatic N) is 7. The van der Waals surface area contributed by atoms with Gasteiger partial charge in [-0.3, -0.25) is 4.90 Å². The van der Waals surface area contributed by atoms with E-state index in [2.05, 4.69) is 36.7 Å². The topological polar surface area (TPSA) is 118 Å². The maximum atomic E-state index is 13.9. The van der Waals surface area contributed by atoms with Crippen LogP contribution in [0.4, 0.5) is 31.9 Å². The van der Waals surface area contributed by atoms with E-state index in [0.29, 0.717) is 54.4 Å². The number of rotatable bonds is 7. The number of alkyl halides is 2. The molecule has 2 aromatic heterocycles. The van der Waals surface area contributed by atoms with Crippen LogP contribution < -0.4 is 15.5 Å². The number of aliphatic hydroxyl groups is 1. The van der Waals surface area contributed by atoms with Crippen LogP contribution >= 0.6 is 11.6 Å². The van der Waals surface area contributed by atoms with Crippen LogP contribution in [0.3, 0.4) is 0 Å². The Balaban J connectivity index is 1.28. The summed E-state index contributed by atoms with van der Waals surface area (Å²) in [6, 6.07) is 5.43. The summed E-state index contributed by atoms with van der Waals surface area (Å²) in [6.07, 6.45) is 2.43. The number of anilines is 4. The Morgan fingerprint density at radius 1 is 1.21 bits per heavy atom. The third-order valence-electron chi connectivity index (χ3n) is 7.38. The van der Waals surface area contributed by atoms with Crippen LogP contribution in [0, 0.1) is 11.3 Å². The summed E-state index contributed by atoms with van der Waals surface area (Å²) in [4.78, 5) is 13.1. The number of benzene rings is 1. The molecule has 3 aromatic rings. The molecule has 0 atom stereocenters. The zero-order valence-corrected chi connectivity index (χ0v) is 21.6. The molecular weight excluding hydrogens is 516 g/mol. The normalized spacial score (nSPS) is 20.0. The Morgan fingerprint density at radius 3 is 2.58 bits per heavy atom. The number of piperidine rings is 1. The summed E-state index contributed by atoms with van der Waals surface area (Å²) < 4.78 is 29.2. The molecule has 200 valence electrons. The first-order valence-corrected chi connectivity index (χ1v) is 13.1. The van der Waals surface area contributed by atoms with Crippen molar-refractivity contribution in [1.82, 2.24) is 24.5 Å². The van der Waals surface area contributed by atoms with Crippen LogP contribution in [0.1, 0.15) is 50.3 Å². The van der Waals surface area contributed by atoms with Crippen LogP contribution in [0.2, 0.25) is 5.02 Å². The Kier molecular flexibility index (Phi) is 6.25. The van der Waals surface area contributed by atoms with Crippen molar-refractivity contribution in [3.8, 4) is 6.07 Å². The summed E-state index contributed by atoms with van der Waals surface area (Å²) in [7, 11) is 0. The highest BCUT2D eigenvalue weighted by molar-refractivity contribution is 6.36. The molecule has 0 spiro atoms. The SMILES string of the molecule is CC1(O)CN(C2CCN(c3cc(C(F)F)cc(Nc4nc(NC5CC5)c5ncc(C#N)n5n4)c3Cl)CC2)C1. The number of β-amino-alcohol motifs (C(OH)–C–C–N with tert-alkyl or cyclic N) is 1. The minimum absolute atomic E-state index is 0.109. The molecule has 3 N–H and O–H groups in total. The molecule has 2 saturated heterocycles. The van der Waals surface area contributed by atoms with Gasteiger partial charge in [0, 0.05) is 43.8 Å². The van der Waals surface area contributed by atoms with E-state index in [4.69, 9.17) is 11.6 Å². The van der Waals surface area contributed by atoms with Crippen LogP contribution in [0.15, 0.2) is 18.3 Å². The molecule has 6 rings (SSSR count). The van der Waals surface area contributed by atoms with E-state index >= 15 is 0 Å². The number of imidazole rings is 1. The second-order valence-corrected chi connectivity index (χ2v) is 11.0. The molecule has 0 amide bonds. The maximum absolute atomic E-state index is 13.9. The van der Waals surface area contributed by atoms with Gasteiger partial charge in [-0.2, -0.15) is 14.8 Å². The molecule has 1 saturated carbocycles. The quantitative estimate of drug-likeness (QED) is 0.407. The molecule has 4 heterocycles. The van der Waals surface area contributed by atoms with Gasteiger partial charge < -0.3 is 20.6 Å². The predicted octanol–water partition coefficient (Wildman–Crippen LogP) is 3.94. The molecule has 10 nitrogen and oxygen atoms in total. The van der Waals surface area contributed by atoms with E-state index < -0.39 is 12.0 Å². The number of nitriles is 1. The summed E-state index contributed by atoms with van der Waals surface area (Å²) in [6.45, 7) is 4.46. The van der Waals surface area contributed by atoms with E-state index in [9.17, 15) is 19.1 Å². The summed E-state index contributed by atoms with van der Waals surface area (Å²) in [5.41, 5.74) is 0.638. The van der Waals surface area contributed by atoms with Gasteiger partial charge in [0.25, 0.3) is 6.43 Å². The lowest BCUT2D eigenvalue weighted by molar-refractivity contribution is -0.105. The first kappa shape index (κ1) is 25.0. The molecule has 1 aromatic carbocycles. The molecule has 13 heteroatoms. The van der Waals surface area contributed by atoms with E-state index in [1.165, 1.54) is 22.8 Å². The van der Waals surface area contributed by atoms with E-state index in [1.54, 1.807) is 0 Å². The highest BCUT2D eigenvalue weighted by Gasteiger charge is 2.41. The van der Waals surface area contributed by atoms with Gasteiger partial charge in [0.1, 0.15) is 6.07 Å². The van der Waals surface area contributed by atoms with Crippen molar-refractivity contribution < 1.29 is 13.9 Å². The molecule has 0 unspecified atom stereocenters. The minimum atomic E-state index is -2.69. The zero-order chi connectivity index (χ0) is 26.6. The zero-order valence-electron chi connectivity index (χ0n) is 20.8. The Labute approximate surface area is 223 Å². The molecule has 3 aliphatic rings. The van der Waals surface area contributed by atoms with Crippen LogP contribution in [-0.4, -0.2) is 73.5 Å². The van der Waals surface area contributed by atoms with Gasteiger partial charge in [-0.05, 0) is 44.7 Å². The Bertz CT molecular complexity index is 1400. The lowest BCUT2D eigenvalue weighted by Gasteiger charge is -2.50. The maximum Gasteiger partial charge on any atom is 0.264 e. The standard InChI is InChI=1S/C25H28ClF2N9O/c1-25(38)12-36(13-25)16-4-6-35(7-5-16)19-9-14(21(27)28)8-18(20(19)26)32-24-33-22(31-15-2-3-15)23-30-11-17(10-29)37(23)34-24/h8-9,11,15-16,21,38H,2-7,12-13H2,1H3,(H2,31,32,33,34). The smallest absolute Gasteiger partial charge is 0.264 e. The Hall–Kier alpha value is -3.27. The lowest BCUT2D eigenvalue weighted by Crippen LogP contribution is -2.64. The van der Waals surface area contributed by atoms with Gasteiger partial charge >= 0.3 is 0 Å². The van der Waals surface area contributed by atoms with E-state index in [1.807, 2.05) is 11.8 Å². The summed E-state index contributed by atoms with van der Waals surface area (Å²) >= 11 is 6.80. The van der Waals surface area contributed by atoms with E-state index in [0.717, 1.165) is 25.7 Å². The first-order chi connectivity index (χ1) is 18.2. The average Bonchev–Trinajstić information content (AvgIpc) is 3.59. The number of aromatic nitrogens is 4. The number of hydrogen-bond acceptors (Lipinski definition) is 9. The molecule has 3 fully saturated rings. The number of fused-ring (bicyclic) bond motifs is 1. The first-order valence-electron chi connectivity index (χ1n) is 12.7. The van der Waals surface area contributed by atoms with Gasteiger partial charge in [0.2, 0.25) is 5.95 Å². The average molecular weight is 544 g/mol. The van der Waals surface area contributed by atoms with Crippen LogP contribution in [-0.2, 0) is 0 Å². The second kappa shape index (κ2) is 9.48. The molecule has 0 bridgehead atoms. The molecule has 0 radical (unpaired) electrons. The van der Waals surface area contributed by atoms with E-state index in [-0.39, 0.29) is 28.9 Å². The van der Waals surface area contributed by atoms with Gasteiger partial charge in [0.15, 0.2) is 17.2 Å². The highest BCUT2D eigenvalue weighted by Crippen LogP contribution is 2.40. The van der Waals surface area contributed by atoms with Crippen molar-refractivity contribution in [2.24, 2.45) is 0 Å². The van der Waals surface area contributed by atoms with Gasteiger partial charge in [0.05, 0.1) is 28.2 Å². The van der Waals surface area contributed by atoms with Gasteiger partial charge in [-0.15, -0.1) is 5.10 Å². The minimum Gasteiger partial charge on any atom is -0.388 e. The van der Waals surface area contributed by atoms with Crippen molar-refractivity contribution in [2.45, 2.75) is 56.7 Å². The molecule has 2 aliphatic heterocycles. The van der Waals surface area contributed by atoms with Crippen molar-refractivity contribution in [1.29, 1.82) is 5.26 Å². The summed E-state index contributed by atoms with van der Waals surface area (Å²) in [5, 5.41) is 30.5.